The van der Waals surface area contributed by atoms with Gasteiger partial charge < -0.3 is 20.1 Å². The second-order valence-electron chi connectivity index (χ2n) is 0.566. The van der Waals surface area contributed by atoms with Gasteiger partial charge in [0.25, 0.3) is 0 Å². The number of aliphatic hydroxyl groups is 1. The second kappa shape index (κ2) is 22.5. The zero-order valence-corrected chi connectivity index (χ0v) is 18.4. The summed E-state index contributed by atoms with van der Waals surface area (Å²) in [4.78, 5) is 8.33. The SMILES string of the molecule is CCO.O=C([O-])[O-].[Cs+].[Cs+]. The molecule has 4 nitrogen and oxygen atoms in total. The molecular formula is C3H6Cs2O4. The molecule has 0 amide bonds. The summed E-state index contributed by atoms with van der Waals surface area (Å²) in [5.74, 6) is 0. The van der Waals surface area contributed by atoms with Crippen LogP contribution in [0.25, 0.3) is 0 Å². The van der Waals surface area contributed by atoms with Crippen LogP contribution in [-0.4, -0.2) is 17.9 Å². The number of hydrogen-bond acceptors (Lipinski definition) is 4. The molecule has 9 heavy (non-hydrogen) atoms. The van der Waals surface area contributed by atoms with Crippen LogP contribution in [0.15, 0.2) is 0 Å². The molecule has 0 atom stereocenters. The van der Waals surface area contributed by atoms with Crippen molar-refractivity contribution in [1.82, 2.24) is 0 Å². The smallest absolute Gasteiger partial charge is 0.652 e. The minimum absolute atomic E-state index is 0. The molecule has 0 aliphatic rings. The van der Waals surface area contributed by atoms with Crippen molar-refractivity contribution in [3.05, 3.63) is 0 Å². The van der Waals surface area contributed by atoms with Gasteiger partial charge in [0.15, 0.2) is 0 Å². The number of hydrogen-bond donors (Lipinski definition) is 1. The van der Waals surface area contributed by atoms with Gasteiger partial charge in [0.05, 0.1) is 0 Å². The van der Waals surface area contributed by atoms with E-state index in [1.807, 2.05) is 0 Å². The van der Waals surface area contributed by atoms with E-state index < -0.39 is 6.16 Å². The Morgan fingerprint density at radius 1 is 1.44 bits per heavy atom. The molecule has 0 saturated heterocycles. The predicted octanol–water partition coefficient (Wildman–Crippen LogP) is -8.44. The maximum atomic E-state index is 8.33. The van der Waals surface area contributed by atoms with Gasteiger partial charge in [-0.15, -0.1) is 0 Å². The van der Waals surface area contributed by atoms with Crippen LogP contribution in [0.1, 0.15) is 6.92 Å². The minimum Gasteiger partial charge on any atom is -0.652 e. The molecule has 0 radical (unpaired) electrons. The number of carboxylic acid groups (broad SMARTS) is 2. The summed E-state index contributed by atoms with van der Waals surface area (Å²) in [6.45, 7) is 1.93. The fourth-order valence-electron chi connectivity index (χ4n) is 0. The first-order valence-corrected chi connectivity index (χ1v) is 1.64. The van der Waals surface area contributed by atoms with Gasteiger partial charge in [0.2, 0.25) is 0 Å². The van der Waals surface area contributed by atoms with Crippen LogP contribution < -0.4 is 148 Å². The molecule has 0 saturated carbocycles. The number of carbonyl (C=O) groups is 1. The molecular weight excluding hydrogens is 366 g/mol. The maximum Gasteiger partial charge on any atom is 1.00 e. The van der Waals surface area contributed by atoms with Crippen LogP contribution in [0.4, 0.5) is 4.79 Å². The first kappa shape index (κ1) is 22.8. The van der Waals surface area contributed by atoms with Crippen molar-refractivity contribution in [3.8, 4) is 0 Å². The van der Waals surface area contributed by atoms with Crippen molar-refractivity contribution in [1.29, 1.82) is 0 Å². The van der Waals surface area contributed by atoms with Crippen LogP contribution >= 0.6 is 0 Å². The third kappa shape index (κ3) is 88.8. The summed E-state index contributed by atoms with van der Waals surface area (Å²) in [6.07, 6.45) is -2.33. The number of carbonyl (C=O) groups excluding carboxylic acids is 1. The maximum absolute atomic E-state index is 8.33. The Hall–Kier alpha value is 3.33. The molecule has 0 rings (SSSR count). The quantitative estimate of drug-likeness (QED) is 0.458. The van der Waals surface area contributed by atoms with Crippen LogP contribution in [0.3, 0.4) is 0 Å². The largest absolute Gasteiger partial charge is 1.00 e. The number of rotatable bonds is 0. The predicted molar refractivity (Wildman–Crippen MR) is 18.2 cm³/mol. The average molecular weight is 372 g/mol. The summed E-state index contributed by atoms with van der Waals surface area (Å²) in [5.41, 5.74) is 0. The standard InChI is InChI=1S/C2H6O.CH2O3.2Cs/c1-2-3;2-1(3)4;;/h3H,2H2,1H3;(H2,2,3,4);;/q;;2*+1/p-2. The summed E-state index contributed by atoms with van der Waals surface area (Å²) in [5, 5.41) is 24.2. The van der Waals surface area contributed by atoms with Gasteiger partial charge in [0, 0.05) is 6.61 Å². The molecule has 1 N–H and O–H groups in total. The third-order valence-corrected chi connectivity index (χ3v) is 0. The zero-order chi connectivity index (χ0) is 6.28. The van der Waals surface area contributed by atoms with Crippen molar-refractivity contribution >= 4 is 6.16 Å². The van der Waals surface area contributed by atoms with Crippen molar-refractivity contribution < 1.29 is 158 Å². The summed E-state index contributed by atoms with van der Waals surface area (Å²) in [6, 6.07) is 0. The van der Waals surface area contributed by atoms with E-state index in [-0.39, 0.29) is 144 Å². The molecule has 6 heteroatoms. The molecule has 0 bridgehead atoms. The zero-order valence-electron chi connectivity index (χ0n) is 5.88. The van der Waals surface area contributed by atoms with E-state index in [0.29, 0.717) is 0 Å². The summed E-state index contributed by atoms with van der Waals surface area (Å²) < 4.78 is 0. The average Bonchev–Trinajstić information content (AvgIpc) is 1.33. The fourth-order valence-corrected chi connectivity index (χ4v) is 0. The Morgan fingerprint density at radius 3 is 1.44 bits per heavy atom. The first-order valence-electron chi connectivity index (χ1n) is 1.64. The van der Waals surface area contributed by atoms with E-state index >= 15 is 0 Å². The second-order valence-corrected chi connectivity index (χ2v) is 0.566. The van der Waals surface area contributed by atoms with Crippen LogP contribution in [-0.2, 0) is 0 Å². The molecule has 0 aromatic rings. The number of aliphatic hydroxyl groups excluding tert-OH is 1. The van der Waals surface area contributed by atoms with Crippen LogP contribution in [0.5, 0.6) is 0 Å². The van der Waals surface area contributed by atoms with E-state index in [0.717, 1.165) is 0 Å². The van der Waals surface area contributed by atoms with E-state index in [9.17, 15) is 0 Å². The van der Waals surface area contributed by atoms with E-state index in [2.05, 4.69) is 0 Å². The molecule has 0 spiro atoms. The molecule has 0 unspecified atom stereocenters. The van der Waals surface area contributed by atoms with Crippen molar-refractivity contribution in [2.24, 2.45) is 0 Å². The Balaban J connectivity index is -0.0000000233. The van der Waals surface area contributed by atoms with Gasteiger partial charge in [-0.05, 0) is 13.1 Å². The molecule has 0 fully saturated rings. The third-order valence-electron chi connectivity index (χ3n) is 0. The Kier molecular flexibility index (Phi) is 57.0. The van der Waals surface area contributed by atoms with Crippen LogP contribution in [0, 0.1) is 0 Å². The summed E-state index contributed by atoms with van der Waals surface area (Å²) in [7, 11) is 0. The van der Waals surface area contributed by atoms with Gasteiger partial charge >= 0.3 is 138 Å². The van der Waals surface area contributed by atoms with Crippen molar-refractivity contribution in [3.63, 3.8) is 0 Å². The van der Waals surface area contributed by atoms with Crippen molar-refractivity contribution in [2.75, 3.05) is 6.61 Å². The van der Waals surface area contributed by atoms with Gasteiger partial charge in [-0.3, -0.25) is 0 Å². The molecule has 0 aliphatic heterocycles. The topological polar surface area (TPSA) is 83.4 Å². The monoisotopic (exact) mass is 372 g/mol. The van der Waals surface area contributed by atoms with E-state index in [1.165, 1.54) is 0 Å². The van der Waals surface area contributed by atoms with Gasteiger partial charge in [-0.1, -0.05) is 0 Å². The van der Waals surface area contributed by atoms with E-state index in [4.69, 9.17) is 20.1 Å². The van der Waals surface area contributed by atoms with Crippen LogP contribution in [0.2, 0.25) is 0 Å². The Bertz CT molecular complexity index is 45.1. The summed E-state index contributed by atoms with van der Waals surface area (Å²) >= 11 is 0. The fraction of sp³-hybridized carbons (Fsp3) is 0.667. The Labute approximate surface area is 172 Å². The first-order chi connectivity index (χ1) is 3.15. The molecule has 44 valence electrons. The van der Waals surface area contributed by atoms with Gasteiger partial charge in [-0.2, -0.15) is 0 Å². The van der Waals surface area contributed by atoms with E-state index in [1.54, 1.807) is 6.92 Å². The molecule has 0 aromatic heterocycles. The van der Waals surface area contributed by atoms with Gasteiger partial charge in [0.1, 0.15) is 0 Å². The molecule has 0 aliphatic carbocycles. The molecule has 0 aromatic carbocycles. The molecule has 0 heterocycles. The minimum atomic E-state index is -2.33. The Morgan fingerprint density at radius 2 is 1.44 bits per heavy atom. The van der Waals surface area contributed by atoms with Gasteiger partial charge in [-0.25, -0.2) is 0 Å². The van der Waals surface area contributed by atoms with Crippen molar-refractivity contribution in [2.45, 2.75) is 6.92 Å². The normalized spacial score (nSPS) is 4.67.